The second-order valence-corrected chi connectivity index (χ2v) is 9.42. The van der Waals surface area contributed by atoms with Gasteiger partial charge < -0.3 is 19.3 Å². The zero-order chi connectivity index (χ0) is 21.3. The molecule has 1 saturated carbocycles. The average Bonchev–Trinajstić information content (AvgIpc) is 3.46. The summed E-state index contributed by atoms with van der Waals surface area (Å²) in [5.74, 6) is 0.903. The lowest BCUT2D eigenvalue weighted by Crippen LogP contribution is -2.49. The number of hydrogen-bond acceptors (Lipinski definition) is 5. The molecule has 1 aliphatic carbocycles. The number of benzene rings is 1. The van der Waals surface area contributed by atoms with E-state index < -0.39 is 5.60 Å². The topological polar surface area (TPSA) is 69.8 Å². The summed E-state index contributed by atoms with van der Waals surface area (Å²) in [6.45, 7) is 8.53. The van der Waals surface area contributed by atoms with Gasteiger partial charge in [-0.2, -0.15) is 0 Å². The number of nitrogens with zero attached hydrogens (tertiary/aromatic N) is 3. The Balaban J connectivity index is 1.40. The van der Waals surface area contributed by atoms with Gasteiger partial charge in [-0.15, -0.1) is 0 Å². The zero-order valence-corrected chi connectivity index (χ0v) is 18.3. The standard InChI is InChI=1S/C24H33N3O3/c1-17-22(30-16-25-17)18-4-6-19(7-5-18)23(28)27(20-8-9-20)21-10-13-26(14-11-21)15-12-24(2,3)29/h4-7,16,20-21,29H,8-15H2,1-3H3. The van der Waals surface area contributed by atoms with E-state index in [9.17, 15) is 9.90 Å². The van der Waals surface area contributed by atoms with E-state index in [1.54, 1.807) is 0 Å². The fraction of sp³-hybridized carbons (Fsp3) is 0.583. The Hall–Kier alpha value is -2.18. The molecule has 2 heterocycles. The maximum Gasteiger partial charge on any atom is 0.254 e. The fourth-order valence-electron chi connectivity index (χ4n) is 4.33. The molecule has 0 bridgehead atoms. The number of carbonyl (C=O) groups is 1. The van der Waals surface area contributed by atoms with Gasteiger partial charge in [-0.05, 0) is 65.0 Å². The smallest absolute Gasteiger partial charge is 0.254 e. The molecule has 2 aromatic rings. The first-order valence-electron chi connectivity index (χ1n) is 11.1. The highest BCUT2D eigenvalue weighted by Crippen LogP contribution is 2.34. The Morgan fingerprint density at radius 3 is 2.33 bits per heavy atom. The molecule has 0 radical (unpaired) electrons. The molecule has 1 saturated heterocycles. The van der Waals surface area contributed by atoms with Crippen LogP contribution in [0.4, 0.5) is 0 Å². The normalized spacial score (nSPS) is 18.5. The Morgan fingerprint density at radius 2 is 1.80 bits per heavy atom. The number of oxazole rings is 1. The van der Waals surface area contributed by atoms with Crippen LogP contribution in [0.15, 0.2) is 35.1 Å². The van der Waals surface area contributed by atoms with Gasteiger partial charge in [-0.3, -0.25) is 4.79 Å². The van der Waals surface area contributed by atoms with E-state index in [2.05, 4.69) is 14.8 Å². The van der Waals surface area contributed by atoms with E-state index in [1.165, 1.54) is 6.39 Å². The summed E-state index contributed by atoms with van der Waals surface area (Å²) in [7, 11) is 0. The number of piperidine rings is 1. The molecule has 30 heavy (non-hydrogen) atoms. The first-order valence-corrected chi connectivity index (χ1v) is 11.1. The zero-order valence-electron chi connectivity index (χ0n) is 18.3. The molecule has 1 aromatic heterocycles. The van der Waals surface area contributed by atoms with E-state index in [0.29, 0.717) is 12.1 Å². The molecule has 2 fully saturated rings. The number of amides is 1. The molecular weight excluding hydrogens is 378 g/mol. The maximum atomic E-state index is 13.4. The van der Waals surface area contributed by atoms with E-state index in [1.807, 2.05) is 45.0 Å². The Bertz CT molecular complexity index is 857. The predicted octanol–water partition coefficient (Wildman–Crippen LogP) is 3.88. The highest BCUT2D eigenvalue weighted by Gasteiger charge is 2.39. The lowest BCUT2D eigenvalue weighted by molar-refractivity contribution is 0.0413. The monoisotopic (exact) mass is 411 g/mol. The summed E-state index contributed by atoms with van der Waals surface area (Å²) >= 11 is 0. The van der Waals surface area contributed by atoms with Crippen LogP contribution >= 0.6 is 0 Å². The van der Waals surface area contributed by atoms with Crippen molar-refractivity contribution in [2.24, 2.45) is 0 Å². The van der Waals surface area contributed by atoms with Crippen molar-refractivity contribution in [3.8, 4) is 11.3 Å². The van der Waals surface area contributed by atoms with Crippen LogP contribution < -0.4 is 0 Å². The van der Waals surface area contributed by atoms with E-state index in [4.69, 9.17) is 4.42 Å². The molecule has 6 heteroatoms. The Kier molecular flexibility index (Phi) is 5.98. The van der Waals surface area contributed by atoms with E-state index >= 15 is 0 Å². The van der Waals surface area contributed by atoms with Crippen LogP contribution in [0.2, 0.25) is 0 Å². The van der Waals surface area contributed by atoms with Gasteiger partial charge in [-0.25, -0.2) is 4.98 Å². The summed E-state index contributed by atoms with van der Waals surface area (Å²) in [5, 5.41) is 9.97. The van der Waals surface area contributed by atoms with Gasteiger partial charge >= 0.3 is 0 Å². The minimum absolute atomic E-state index is 0.147. The number of carbonyl (C=O) groups excluding carboxylic acids is 1. The van der Waals surface area contributed by atoms with Crippen LogP contribution in [-0.4, -0.2) is 63.1 Å². The van der Waals surface area contributed by atoms with E-state index in [0.717, 1.165) is 74.3 Å². The average molecular weight is 412 g/mol. The van der Waals surface area contributed by atoms with Gasteiger partial charge in [0.05, 0.1) is 11.3 Å². The summed E-state index contributed by atoms with van der Waals surface area (Å²) in [6, 6.07) is 8.41. The maximum absolute atomic E-state index is 13.4. The molecule has 1 aliphatic heterocycles. The van der Waals surface area contributed by atoms with Crippen LogP contribution in [0.3, 0.4) is 0 Å². The summed E-state index contributed by atoms with van der Waals surface area (Å²) < 4.78 is 5.47. The summed E-state index contributed by atoms with van der Waals surface area (Å²) in [6.07, 6.45) is 6.46. The van der Waals surface area contributed by atoms with Crippen molar-refractivity contribution in [2.75, 3.05) is 19.6 Å². The highest BCUT2D eigenvalue weighted by molar-refractivity contribution is 5.95. The number of rotatable bonds is 7. The molecule has 1 aromatic carbocycles. The third-order valence-electron chi connectivity index (χ3n) is 6.30. The van der Waals surface area contributed by atoms with Crippen LogP contribution in [0.25, 0.3) is 11.3 Å². The van der Waals surface area contributed by atoms with Crippen LogP contribution in [0, 0.1) is 6.92 Å². The molecular formula is C24H33N3O3. The van der Waals surface area contributed by atoms with Crippen LogP contribution in [-0.2, 0) is 0 Å². The molecule has 1 N–H and O–H groups in total. The lowest BCUT2D eigenvalue weighted by Gasteiger charge is -2.39. The first kappa shape index (κ1) is 21.1. The van der Waals surface area contributed by atoms with Crippen molar-refractivity contribution >= 4 is 5.91 Å². The fourth-order valence-corrected chi connectivity index (χ4v) is 4.33. The van der Waals surface area contributed by atoms with Gasteiger partial charge in [0.1, 0.15) is 0 Å². The lowest BCUT2D eigenvalue weighted by atomic mass is 9.99. The van der Waals surface area contributed by atoms with Gasteiger partial charge in [0.2, 0.25) is 0 Å². The Labute approximate surface area is 178 Å². The first-order chi connectivity index (χ1) is 14.3. The van der Waals surface area contributed by atoms with Crippen LogP contribution in [0.5, 0.6) is 0 Å². The van der Waals surface area contributed by atoms with Crippen molar-refractivity contribution in [3.05, 3.63) is 41.9 Å². The Morgan fingerprint density at radius 1 is 1.17 bits per heavy atom. The molecule has 1 amide bonds. The quantitative estimate of drug-likeness (QED) is 0.749. The molecule has 6 nitrogen and oxygen atoms in total. The number of aromatic nitrogens is 1. The third-order valence-corrected chi connectivity index (χ3v) is 6.30. The minimum atomic E-state index is -0.622. The summed E-state index contributed by atoms with van der Waals surface area (Å²) in [5.41, 5.74) is 1.92. The molecule has 2 aliphatic rings. The molecule has 4 rings (SSSR count). The number of likely N-dealkylation sites (tertiary alicyclic amines) is 1. The van der Waals surface area contributed by atoms with Crippen molar-refractivity contribution in [3.63, 3.8) is 0 Å². The second kappa shape index (κ2) is 8.52. The largest absolute Gasteiger partial charge is 0.443 e. The van der Waals surface area contributed by atoms with Crippen molar-refractivity contribution < 1.29 is 14.3 Å². The molecule has 0 unspecified atom stereocenters. The SMILES string of the molecule is Cc1ncoc1-c1ccc(C(=O)N(C2CC2)C2CCN(CCC(C)(C)O)CC2)cc1. The van der Waals surface area contributed by atoms with E-state index in [-0.39, 0.29) is 5.91 Å². The summed E-state index contributed by atoms with van der Waals surface area (Å²) in [4.78, 5) is 22.1. The van der Waals surface area contributed by atoms with Crippen LogP contribution in [0.1, 0.15) is 62.0 Å². The second-order valence-electron chi connectivity index (χ2n) is 9.42. The van der Waals surface area contributed by atoms with Gasteiger partial charge in [-0.1, -0.05) is 12.1 Å². The van der Waals surface area contributed by atoms with Crippen molar-refractivity contribution in [1.82, 2.24) is 14.8 Å². The molecule has 162 valence electrons. The van der Waals surface area contributed by atoms with Crippen molar-refractivity contribution in [2.45, 2.75) is 70.6 Å². The van der Waals surface area contributed by atoms with Crippen molar-refractivity contribution in [1.29, 1.82) is 0 Å². The highest BCUT2D eigenvalue weighted by atomic mass is 16.3. The molecule has 0 atom stereocenters. The van der Waals surface area contributed by atoms with Gasteiger partial charge in [0, 0.05) is 42.8 Å². The minimum Gasteiger partial charge on any atom is -0.443 e. The van der Waals surface area contributed by atoms with Gasteiger partial charge in [0.25, 0.3) is 5.91 Å². The predicted molar refractivity (Wildman–Crippen MR) is 116 cm³/mol. The number of aliphatic hydroxyl groups is 1. The third kappa shape index (κ3) is 4.93. The van der Waals surface area contributed by atoms with Gasteiger partial charge in [0.15, 0.2) is 12.2 Å². The number of hydrogen-bond donors (Lipinski definition) is 1. The number of aryl methyl sites for hydroxylation is 1. The molecule has 0 spiro atoms.